The van der Waals surface area contributed by atoms with Gasteiger partial charge in [-0.3, -0.25) is 4.90 Å². The van der Waals surface area contributed by atoms with E-state index in [1.54, 1.807) is 0 Å². The maximum absolute atomic E-state index is 4.61. The average Bonchev–Trinajstić information content (AvgIpc) is 2.85. The van der Waals surface area contributed by atoms with Crippen LogP contribution in [-0.4, -0.2) is 36.6 Å². The molecule has 2 rings (SSSR count). The Hall–Kier alpha value is -1.09. The van der Waals surface area contributed by atoms with E-state index < -0.39 is 0 Å². The van der Waals surface area contributed by atoms with Crippen LogP contribution in [0.1, 0.15) is 45.2 Å². The SMILES string of the molecule is CCN(C)c1ccc([C@H]2CCCN2CC(C)C)cn1. The van der Waals surface area contributed by atoms with Crippen molar-refractivity contribution in [1.29, 1.82) is 0 Å². The molecule has 0 amide bonds. The van der Waals surface area contributed by atoms with Gasteiger partial charge in [-0.15, -0.1) is 0 Å². The summed E-state index contributed by atoms with van der Waals surface area (Å²) in [7, 11) is 2.09. The molecule has 19 heavy (non-hydrogen) atoms. The van der Waals surface area contributed by atoms with Crippen LogP contribution in [0.3, 0.4) is 0 Å². The third kappa shape index (κ3) is 3.47. The number of anilines is 1. The van der Waals surface area contributed by atoms with Crippen LogP contribution < -0.4 is 4.90 Å². The second-order valence-electron chi connectivity index (χ2n) is 6.01. The summed E-state index contributed by atoms with van der Waals surface area (Å²) in [5, 5.41) is 0. The summed E-state index contributed by atoms with van der Waals surface area (Å²) in [4.78, 5) is 9.39. The minimum Gasteiger partial charge on any atom is -0.360 e. The van der Waals surface area contributed by atoms with Gasteiger partial charge in [0.1, 0.15) is 5.82 Å². The Morgan fingerprint density at radius 2 is 2.21 bits per heavy atom. The Balaban J connectivity index is 2.08. The number of hydrogen-bond acceptors (Lipinski definition) is 3. The second-order valence-corrected chi connectivity index (χ2v) is 6.01. The molecule has 1 aliphatic heterocycles. The molecule has 3 heteroatoms. The summed E-state index contributed by atoms with van der Waals surface area (Å²) >= 11 is 0. The van der Waals surface area contributed by atoms with Gasteiger partial charge >= 0.3 is 0 Å². The van der Waals surface area contributed by atoms with Crippen molar-refractivity contribution in [3.05, 3.63) is 23.9 Å². The molecule has 1 saturated heterocycles. The Kier molecular flexibility index (Phi) is 4.81. The number of aromatic nitrogens is 1. The molecule has 1 aromatic rings. The predicted octanol–water partition coefficient (Wildman–Crippen LogP) is 3.33. The largest absolute Gasteiger partial charge is 0.360 e. The van der Waals surface area contributed by atoms with Crippen molar-refractivity contribution in [1.82, 2.24) is 9.88 Å². The fraction of sp³-hybridized carbons (Fsp3) is 0.688. The summed E-state index contributed by atoms with van der Waals surface area (Å²) in [5.74, 6) is 1.80. The number of likely N-dealkylation sites (tertiary alicyclic amines) is 1. The highest BCUT2D eigenvalue weighted by molar-refractivity contribution is 5.38. The number of nitrogens with zero attached hydrogens (tertiary/aromatic N) is 3. The van der Waals surface area contributed by atoms with Gasteiger partial charge in [0.05, 0.1) is 0 Å². The van der Waals surface area contributed by atoms with Crippen molar-refractivity contribution in [3.63, 3.8) is 0 Å². The standard InChI is InChI=1S/C16H27N3/c1-5-18(4)16-9-8-14(11-17-16)15-7-6-10-19(15)12-13(2)3/h8-9,11,13,15H,5-7,10,12H2,1-4H3/t15-/m1/s1. The quantitative estimate of drug-likeness (QED) is 0.810. The third-order valence-electron chi connectivity index (χ3n) is 3.98. The lowest BCUT2D eigenvalue weighted by molar-refractivity contribution is 0.228. The molecule has 0 radical (unpaired) electrons. The van der Waals surface area contributed by atoms with E-state index in [1.165, 1.54) is 31.5 Å². The molecule has 1 fully saturated rings. The Morgan fingerprint density at radius 3 is 2.79 bits per heavy atom. The second kappa shape index (κ2) is 6.38. The van der Waals surface area contributed by atoms with Gasteiger partial charge in [-0.05, 0) is 43.9 Å². The molecule has 0 unspecified atom stereocenters. The van der Waals surface area contributed by atoms with E-state index >= 15 is 0 Å². The minimum absolute atomic E-state index is 0.580. The van der Waals surface area contributed by atoms with E-state index in [-0.39, 0.29) is 0 Å². The molecule has 0 N–H and O–H groups in total. The number of hydrogen-bond donors (Lipinski definition) is 0. The molecule has 0 aromatic carbocycles. The zero-order valence-electron chi connectivity index (χ0n) is 12.8. The number of pyridine rings is 1. The first-order valence-corrected chi connectivity index (χ1v) is 7.53. The normalized spacial score (nSPS) is 20.2. The zero-order chi connectivity index (χ0) is 13.8. The molecule has 1 aromatic heterocycles. The highest BCUT2D eigenvalue weighted by atomic mass is 15.2. The van der Waals surface area contributed by atoms with Gasteiger partial charge in [0, 0.05) is 32.4 Å². The van der Waals surface area contributed by atoms with Gasteiger partial charge < -0.3 is 4.90 Å². The minimum atomic E-state index is 0.580. The number of rotatable bonds is 5. The highest BCUT2D eigenvalue weighted by Gasteiger charge is 2.26. The van der Waals surface area contributed by atoms with Crippen LogP contribution in [0.25, 0.3) is 0 Å². The van der Waals surface area contributed by atoms with Crippen molar-refractivity contribution >= 4 is 5.82 Å². The fourth-order valence-corrected chi connectivity index (χ4v) is 2.87. The summed E-state index contributed by atoms with van der Waals surface area (Å²) in [6.45, 7) is 10.2. The Morgan fingerprint density at radius 1 is 1.42 bits per heavy atom. The van der Waals surface area contributed by atoms with Crippen LogP contribution in [0.5, 0.6) is 0 Å². The Labute approximate surface area is 117 Å². The fourth-order valence-electron chi connectivity index (χ4n) is 2.87. The van der Waals surface area contributed by atoms with Crippen molar-refractivity contribution in [3.8, 4) is 0 Å². The topological polar surface area (TPSA) is 19.4 Å². The van der Waals surface area contributed by atoms with E-state index in [0.717, 1.165) is 18.3 Å². The molecule has 0 aliphatic carbocycles. The molecule has 2 heterocycles. The van der Waals surface area contributed by atoms with E-state index in [2.05, 4.69) is 60.9 Å². The molecule has 0 spiro atoms. The van der Waals surface area contributed by atoms with Gasteiger partial charge in [0.25, 0.3) is 0 Å². The molecule has 1 aliphatic rings. The monoisotopic (exact) mass is 261 g/mol. The summed E-state index contributed by atoms with van der Waals surface area (Å²) in [5.41, 5.74) is 1.38. The summed E-state index contributed by atoms with van der Waals surface area (Å²) < 4.78 is 0. The van der Waals surface area contributed by atoms with Gasteiger partial charge in [-0.1, -0.05) is 19.9 Å². The lowest BCUT2D eigenvalue weighted by atomic mass is 10.1. The smallest absolute Gasteiger partial charge is 0.128 e. The zero-order valence-corrected chi connectivity index (χ0v) is 12.8. The van der Waals surface area contributed by atoms with E-state index in [1.807, 2.05) is 0 Å². The predicted molar refractivity (Wildman–Crippen MR) is 81.6 cm³/mol. The van der Waals surface area contributed by atoms with Crippen molar-refractivity contribution in [2.24, 2.45) is 5.92 Å². The third-order valence-corrected chi connectivity index (χ3v) is 3.98. The van der Waals surface area contributed by atoms with Crippen molar-refractivity contribution < 1.29 is 0 Å². The van der Waals surface area contributed by atoms with Crippen LogP contribution >= 0.6 is 0 Å². The van der Waals surface area contributed by atoms with Crippen molar-refractivity contribution in [2.75, 3.05) is 31.6 Å². The van der Waals surface area contributed by atoms with E-state index in [9.17, 15) is 0 Å². The molecule has 3 nitrogen and oxygen atoms in total. The molecule has 0 bridgehead atoms. The first kappa shape index (κ1) is 14.3. The average molecular weight is 261 g/mol. The summed E-state index contributed by atoms with van der Waals surface area (Å²) in [6.07, 6.45) is 4.66. The van der Waals surface area contributed by atoms with Crippen LogP contribution in [0.4, 0.5) is 5.82 Å². The van der Waals surface area contributed by atoms with Gasteiger partial charge in [0.15, 0.2) is 0 Å². The molecular formula is C16H27N3. The van der Waals surface area contributed by atoms with Crippen LogP contribution in [0.15, 0.2) is 18.3 Å². The van der Waals surface area contributed by atoms with Crippen molar-refractivity contribution in [2.45, 2.75) is 39.7 Å². The molecular weight excluding hydrogens is 234 g/mol. The van der Waals surface area contributed by atoms with E-state index in [0.29, 0.717) is 6.04 Å². The lowest BCUT2D eigenvalue weighted by Gasteiger charge is -2.26. The first-order valence-electron chi connectivity index (χ1n) is 7.53. The Bertz CT molecular complexity index is 385. The maximum atomic E-state index is 4.61. The van der Waals surface area contributed by atoms with E-state index in [4.69, 9.17) is 0 Å². The first-order chi connectivity index (χ1) is 9.11. The molecule has 106 valence electrons. The van der Waals surface area contributed by atoms with Gasteiger partial charge in [-0.2, -0.15) is 0 Å². The maximum Gasteiger partial charge on any atom is 0.128 e. The lowest BCUT2D eigenvalue weighted by Crippen LogP contribution is -2.27. The van der Waals surface area contributed by atoms with Crippen LogP contribution in [-0.2, 0) is 0 Å². The van der Waals surface area contributed by atoms with Crippen LogP contribution in [0, 0.1) is 5.92 Å². The van der Waals surface area contributed by atoms with Gasteiger partial charge in [0.2, 0.25) is 0 Å². The molecule has 1 atom stereocenters. The molecule has 0 saturated carbocycles. The van der Waals surface area contributed by atoms with Gasteiger partial charge in [-0.25, -0.2) is 4.98 Å². The summed E-state index contributed by atoms with van der Waals surface area (Å²) in [6, 6.07) is 5.00. The highest BCUT2D eigenvalue weighted by Crippen LogP contribution is 2.32. The van der Waals surface area contributed by atoms with Crippen LogP contribution in [0.2, 0.25) is 0 Å².